The highest BCUT2D eigenvalue weighted by atomic mass is 16.5. The lowest BCUT2D eigenvalue weighted by atomic mass is 9.83. The molecule has 20 heavy (non-hydrogen) atoms. The van der Waals surface area contributed by atoms with Gasteiger partial charge in [0.2, 0.25) is 0 Å². The van der Waals surface area contributed by atoms with Crippen LogP contribution in [0.1, 0.15) is 38.7 Å². The van der Waals surface area contributed by atoms with Crippen LogP contribution in [-0.4, -0.2) is 31.1 Å². The van der Waals surface area contributed by atoms with Crippen molar-refractivity contribution in [2.45, 2.75) is 39.7 Å². The molecule has 0 amide bonds. The quantitative estimate of drug-likeness (QED) is 0.812. The number of likely N-dealkylation sites (tertiary alicyclic amines) is 1. The minimum Gasteiger partial charge on any atom is -0.494 e. The van der Waals surface area contributed by atoms with E-state index in [0.29, 0.717) is 12.0 Å². The lowest BCUT2D eigenvalue weighted by Crippen LogP contribution is -2.38. The van der Waals surface area contributed by atoms with E-state index in [1.54, 1.807) is 0 Å². The smallest absolute Gasteiger partial charge is 0.119 e. The predicted octanol–water partition coefficient (Wildman–Crippen LogP) is 3.04. The Morgan fingerprint density at radius 1 is 1.15 bits per heavy atom. The van der Waals surface area contributed by atoms with Crippen LogP contribution in [0.5, 0.6) is 5.75 Å². The van der Waals surface area contributed by atoms with Crippen molar-refractivity contribution in [2.24, 2.45) is 11.1 Å². The van der Waals surface area contributed by atoms with E-state index >= 15 is 0 Å². The van der Waals surface area contributed by atoms with E-state index in [4.69, 9.17) is 10.5 Å². The summed E-state index contributed by atoms with van der Waals surface area (Å²) in [5.74, 6) is 0.946. The van der Waals surface area contributed by atoms with Crippen molar-refractivity contribution < 1.29 is 4.74 Å². The summed E-state index contributed by atoms with van der Waals surface area (Å²) in [5.41, 5.74) is 7.26. The zero-order valence-electron chi connectivity index (χ0n) is 12.9. The molecule has 1 saturated heterocycles. The van der Waals surface area contributed by atoms with Gasteiger partial charge in [0, 0.05) is 13.1 Å². The van der Waals surface area contributed by atoms with Crippen LogP contribution in [0.2, 0.25) is 0 Å². The molecule has 0 aromatic heterocycles. The minimum atomic E-state index is 0.539. The van der Waals surface area contributed by atoms with E-state index in [2.05, 4.69) is 18.7 Å². The van der Waals surface area contributed by atoms with Gasteiger partial charge in [0.25, 0.3) is 0 Å². The molecule has 112 valence electrons. The second kappa shape index (κ2) is 7.09. The van der Waals surface area contributed by atoms with Crippen molar-refractivity contribution >= 4 is 0 Å². The van der Waals surface area contributed by atoms with Gasteiger partial charge in [-0.2, -0.15) is 0 Å². The van der Waals surface area contributed by atoms with E-state index in [1.807, 2.05) is 24.3 Å². The first kappa shape index (κ1) is 15.3. The maximum atomic E-state index is 5.77. The van der Waals surface area contributed by atoms with Crippen molar-refractivity contribution in [2.75, 3.05) is 26.2 Å². The number of nitrogens with two attached hydrogens (primary N) is 1. The van der Waals surface area contributed by atoms with Crippen LogP contribution in [0.3, 0.4) is 0 Å². The molecule has 0 bridgehead atoms. The second-order valence-electron chi connectivity index (χ2n) is 6.56. The van der Waals surface area contributed by atoms with Gasteiger partial charge in [0.1, 0.15) is 5.75 Å². The maximum Gasteiger partial charge on any atom is 0.119 e. The Morgan fingerprint density at radius 3 is 2.40 bits per heavy atom. The average molecular weight is 276 g/mol. The number of benzene rings is 1. The number of nitrogens with zero attached hydrogens (tertiary/aromatic N) is 1. The summed E-state index contributed by atoms with van der Waals surface area (Å²) >= 11 is 0. The molecular formula is C17H28N2O. The van der Waals surface area contributed by atoms with E-state index in [0.717, 1.165) is 30.9 Å². The zero-order valence-corrected chi connectivity index (χ0v) is 12.9. The van der Waals surface area contributed by atoms with Gasteiger partial charge in [-0.05, 0) is 55.5 Å². The molecule has 1 aliphatic heterocycles. The molecule has 1 fully saturated rings. The summed E-state index contributed by atoms with van der Waals surface area (Å²) in [5, 5.41) is 0. The van der Waals surface area contributed by atoms with Crippen LogP contribution in [0.4, 0.5) is 0 Å². The Bertz CT molecular complexity index is 390. The number of rotatable bonds is 6. The molecule has 1 aliphatic rings. The van der Waals surface area contributed by atoms with Crippen LogP contribution < -0.4 is 10.5 Å². The van der Waals surface area contributed by atoms with Gasteiger partial charge in [0.15, 0.2) is 0 Å². The van der Waals surface area contributed by atoms with E-state index in [-0.39, 0.29) is 0 Å². The molecule has 0 saturated carbocycles. The summed E-state index contributed by atoms with van der Waals surface area (Å²) in [6.45, 7) is 9.75. The van der Waals surface area contributed by atoms with Crippen LogP contribution in [-0.2, 0) is 6.54 Å². The zero-order chi connectivity index (χ0) is 14.4. The topological polar surface area (TPSA) is 38.5 Å². The summed E-state index contributed by atoms with van der Waals surface area (Å²) in [6.07, 6.45) is 3.72. The monoisotopic (exact) mass is 276 g/mol. The Hall–Kier alpha value is -1.06. The first-order valence-electron chi connectivity index (χ1n) is 7.73. The summed E-state index contributed by atoms with van der Waals surface area (Å²) in [6, 6.07) is 8.07. The van der Waals surface area contributed by atoms with E-state index in [9.17, 15) is 0 Å². The Morgan fingerprint density at radius 2 is 1.80 bits per heavy atom. The third kappa shape index (κ3) is 4.80. The SMILES string of the molecule is CC1(C)CCN(CCCOc2ccc(CN)cc2)CC1. The fourth-order valence-electron chi connectivity index (χ4n) is 2.58. The number of hydrogen-bond donors (Lipinski definition) is 1. The fraction of sp³-hybridized carbons (Fsp3) is 0.647. The lowest BCUT2D eigenvalue weighted by Gasteiger charge is -2.36. The predicted molar refractivity (Wildman–Crippen MR) is 83.9 cm³/mol. The van der Waals surface area contributed by atoms with Gasteiger partial charge in [-0.15, -0.1) is 0 Å². The largest absolute Gasteiger partial charge is 0.494 e. The molecule has 0 radical (unpaired) electrons. The molecule has 0 aliphatic carbocycles. The van der Waals surface area contributed by atoms with Gasteiger partial charge in [-0.25, -0.2) is 0 Å². The molecular weight excluding hydrogens is 248 g/mol. The molecule has 3 heteroatoms. The van der Waals surface area contributed by atoms with E-state index in [1.165, 1.54) is 25.9 Å². The standard InChI is InChI=1S/C17H28N2O/c1-17(2)8-11-19(12-9-17)10-3-13-20-16-6-4-15(14-18)5-7-16/h4-7H,3,8-14,18H2,1-2H3. The van der Waals surface area contributed by atoms with E-state index < -0.39 is 0 Å². The number of hydrogen-bond acceptors (Lipinski definition) is 3. The molecule has 2 N–H and O–H groups in total. The maximum absolute atomic E-state index is 5.77. The average Bonchev–Trinajstić information content (AvgIpc) is 2.46. The van der Waals surface area contributed by atoms with Gasteiger partial charge in [0.05, 0.1) is 6.61 Å². The van der Waals surface area contributed by atoms with Crippen molar-refractivity contribution in [3.8, 4) is 5.75 Å². The highest BCUT2D eigenvalue weighted by molar-refractivity contribution is 5.26. The van der Waals surface area contributed by atoms with Crippen LogP contribution >= 0.6 is 0 Å². The highest BCUT2D eigenvalue weighted by Gasteiger charge is 2.24. The third-order valence-corrected chi connectivity index (χ3v) is 4.26. The fourth-order valence-corrected chi connectivity index (χ4v) is 2.58. The molecule has 1 aromatic rings. The Balaban J connectivity index is 1.61. The van der Waals surface area contributed by atoms with Gasteiger partial charge in [-0.3, -0.25) is 0 Å². The van der Waals surface area contributed by atoms with Crippen molar-refractivity contribution in [3.05, 3.63) is 29.8 Å². The van der Waals surface area contributed by atoms with Gasteiger partial charge >= 0.3 is 0 Å². The van der Waals surface area contributed by atoms with Gasteiger partial charge in [-0.1, -0.05) is 26.0 Å². The normalized spacial score (nSPS) is 18.9. The van der Waals surface area contributed by atoms with Gasteiger partial charge < -0.3 is 15.4 Å². The van der Waals surface area contributed by atoms with Crippen LogP contribution in [0.25, 0.3) is 0 Å². The van der Waals surface area contributed by atoms with Crippen LogP contribution in [0, 0.1) is 5.41 Å². The first-order chi connectivity index (χ1) is 9.59. The third-order valence-electron chi connectivity index (χ3n) is 4.26. The molecule has 2 rings (SSSR count). The molecule has 3 nitrogen and oxygen atoms in total. The molecule has 1 heterocycles. The molecule has 0 unspecified atom stereocenters. The van der Waals surface area contributed by atoms with Crippen LogP contribution in [0.15, 0.2) is 24.3 Å². The van der Waals surface area contributed by atoms with Crippen molar-refractivity contribution in [1.82, 2.24) is 4.90 Å². The summed E-state index contributed by atoms with van der Waals surface area (Å²) < 4.78 is 5.77. The van der Waals surface area contributed by atoms with Crippen molar-refractivity contribution in [3.63, 3.8) is 0 Å². The Kier molecular flexibility index (Phi) is 5.44. The Labute approximate surface area is 123 Å². The first-order valence-corrected chi connectivity index (χ1v) is 7.73. The summed E-state index contributed by atoms with van der Waals surface area (Å²) in [7, 11) is 0. The highest BCUT2D eigenvalue weighted by Crippen LogP contribution is 2.29. The number of piperidine rings is 1. The molecule has 1 aromatic carbocycles. The molecule has 0 atom stereocenters. The summed E-state index contributed by atoms with van der Waals surface area (Å²) in [4.78, 5) is 2.56. The van der Waals surface area contributed by atoms with Crippen molar-refractivity contribution in [1.29, 1.82) is 0 Å². The molecule has 0 spiro atoms. The minimum absolute atomic E-state index is 0.539. The lowest BCUT2D eigenvalue weighted by molar-refractivity contribution is 0.126. The second-order valence-corrected chi connectivity index (χ2v) is 6.56. The number of ether oxygens (including phenoxy) is 1.